The van der Waals surface area contributed by atoms with Gasteiger partial charge in [0, 0.05) is 6.20 Å². The average Bonchev–Trinajstić information content (AvgIpc) is 2.59. The topological polar surface area (TPSA) is 53.1 Å². The van der Waals surface area contributed by atoms with Crippen LogP contribution in [0.4, 0.5) is 23.2 Å². The number of nitrogen functional groups attached to an aromatic ring is 1. The van der Waals surface area contributed by atoms with E-state index in [9.17, 15) is 17.6 Å². The van der Waals surface area contributed by atoms with Gasteiger partial charge in [0.15, 0.2) is 0 Å². The summed E-state index contributed by atoms with van der Waals surface area (Å²) in [5, 5.41) is 3.76. The van der Waals surface area contributed by atoms with E-state index in [4.69, 9.17) is 5.73 Å². The highest BCUT2D eigenvalue weighted by Crippen LogP contribution is 2.22. The summed E-state index contributed by atoms with van der Waals surface area (Å²) in [6.07, 6.45) is -0.851. The summed E-state index contributed by atoms with van der Waals surface area (Å²) in [4.78, 5) is 0. The van der Waals surface area contributed by atoms with Crippen molar-refractivity contribution >= 4 is 5.69 Å². The number of aromatic nitrogens is 2. The number of nitrogens with two attached hydrogens (primary N) is 1. The van der Waals surface area contributed by atoms with Crippen LogP contribution in [0.15, 0.2) is 12.4 Å². The highest BCUT2D eigenvalue weighted by atomic mass is 19.3. The molecule has 0 aliphatic carbocycles. The SMILES string of the molecule is Nc1cnn(CCOCC(F)(F)C(F)F)c1. The number of anilines is 1. The van der Waals surface area contributed by atoms with Crippen LogP contribution in [-0.4, -0.2) is 35.3 Å². The van der Waals surface area contributed by atoms with Crippen LogP contribution in [0.5, 0.6) is 0 Å². The Labute approximate surface area is 89.0 Å². The molecule has 0 aliphatic heterocycles. The Morgan fingerprint density at radius 1 is 1.50 bits per heavy atom. The molecule has 0 amide bonds. The van der Waals surface area contributed by atoms with Crippen LogP contribution in [0, 0.1) is 0 Å². The molecule has 0 saturated heterocycles. The first-order valence-corrected chi connectivity index (χ1v) is 4.43. The lowest BCUT2D eigenvalue weighted by Crippen LogP contribution is -2.32. The minimum atomic E-state index is -4.11. The molecule has 0 radical (unpaired) electrons. The number of ether oxygens (including phenoxy) is 1. The highest BCUT2D eigenvalue weighted by molar-refractivity contribution is 5.30. The molecule has 0 spiro atoms. The van der Waals surface area contributed by atoms with Crippen molar-refractivity contribution in [2.45, 2.75) is 18.9 Å². The van der Waals surface area contributed by atoms with E-state index in [2.05, 4.69) is 9.84 Å². The van der Waals surface area contributed by atoms with Gasteiger partial charge >= 0.3 is 12.3 Å². The summed E-state index contributed by atoms with van der Waals surface area (Å²) in [6, 6.07) is 0. The minimum Gasteiger partial charge on any atom is -0.396 e. The van der Waals surface area contributed by atoms with Crippen molar-refractivity contribution in [2.24, 2.45) is 0 Å². The first-order chi connectivity index (χ1) is 7.42. The third-order valence-corrected chi connectivity index (χ3v) is 1.73. The summed E-state index contributed by atoms with van der Waals surface area (Å²) in [5.74, 6) is -4.11. The molecule has 1 heterocycles. The minimum absolute atomic E-state index is 0.135. The zero-order chi connectivity index (χ0) is 12.2. The zero-order valence-electron chi connectivity index (χ0n) is 8.25. The van der Waals surface area contributed by atoms with Gasteiger partial charge in [-0.1, -0.05) is 0 Å². The van der Waals surface area contributed by atoms with E-state index >= 15 is 0 Å². The molecule has 2 N–H and O–H groups in total. The van der Waals surface area contributed by atoms with Crippen LogP contribution in [0.3, 0.4) is 0 Å². The molecule has 1 rings (SSSR count). The number of halogens is 4. The van der Waals surface area contributed by atoms with Crippen LogP contribution in [0.25, 0.3) is 0 Å². The maximum atomic E-state index is 12.4. The molecule has 4 nitrogen and oxygen atoms in total. The largest absolute Gasteiger partial charge is 0.396 e. The summed E-state index contributed by atoms with van der Waals surface area (Å²) in [6.45, 7) is -1.26. The van der Waals surface area contributed by atoms with E-state index in [-0.39, 0.29) is 13.2 Å². The monoisotopic (exact) mass is 241 g/mol. The van der Waals surface area contributed by atoms with Crippen molar-refractivity contribution in [3.05, 3.63) is 12.4 Å². The molecule has 1 aromatic heterocycles. The van der Waals surface area contributed by atoms with E-state index in [0.717, 1.165) is 0 Å². The van der Waals surface area contributed by atoms with Crippen molar-refractivity contribution in [1.82, 2.24) is 9.78 Å². The van der Waals surface area contributed by atoms with Crippen LogP contribution in [-0.2, 0) is 11.3 Å². The lowest BCUT2D eigenvalue weighted by Gasteiger charge is -2.14. The first kappa shape index (κ1) is 12.8. The molecule has 0 bridgehead atoms. The second-order valence-electron chi connectivity index (χ2n) is 3.15. The van der Waals surface area contributed by atoms with Gasteiger partial charge < -0.3 is 10.5 Å². The highest BCUT2D eigenvalue weighted by Gasteiger charge is 2.40. The third kappa shape index (κ3) is 3.69. The smallest absolute Gasteiger partial charge is 0.330 e. The zero-order valence-corrected chi connectivity index (χ0v) is 8.25. The molecule has 0 saturated carbocycles. The van der Waals surface area contributed by atoms with E-state index in [0.29, 0.717) is 5.69 Å². The first-order valence-electron chi connectivity index (χ1n) is 4.43. The number of rotatable bonds is 6. The Kier molecular flexibility index (Phi) is 4.11. The number of hydrogen-bond acceptors (Lipinski definition) is 3. The molecule has 0 atom stereocenters. The molecule has 8 heteroatoms. The fourth-order valence-corrected chi connectivity index (χ4v) is 0.931. The quantitative estimate of drug-likeness (QED) is 0.604. The molecule has 0 aromatic carbocycles. The Morgan fingerprint density at radius 3 is 2.69 bits per heavy atom. The molecular formula is C8H11F4N3O. The number of hydrogen-bond donors (Lipinski definition) is 1. The van der Waals surface area contributed by atoms with Gasteiger partial charge in [0.25, 0.3) is 0 Å². The summed E-state index contributed by atoms with van der Waals surface area (Å²) in [7, 11) is 0. The predicted octanol–water partition coefficient (Wildman–Crippen LogP) is 1.38. The standard InChI is InChI=1S/C8H11F4N3O/c9-7(10)8(11,12)5-16-2-1-15-4-6(13)3-14-15/h3-4,7H,1-2,5,13H2. The van der Waals surface area contributed by atoms with E-state index < -0.39 is 19.0 Å². The van der Waals surface area contributed by atoms with Gasteiger partial charge in [-0.25, -0.2) is 8.78 Å². The molecule has 92 valence electrons. The summed E-state index contributed by atoms with van der Waals surface area (Å²) < 4.78 is 53.9. The lowest BCUT2D eigenvalue weighted by molar-refractivity contribution is -0.166. The third-order valence-electron chi connectivity index (χ3n) is 1.73. The van der Waals surface area contributed by atoms with Crippen LogP contribution >= 0.6 is 0 Å². The number of alkyl halides is 4. The molecule has 0 aliphatic rings. The van der Waals surface area contributed by atoms with Gasteiger partial charge in [0.1, 0.15) is 6.61 Å². The number of nitrogens with zero attached hydrogens (tertiary/aromatic N) is 2. The summed E-state index contributed by atoms with van der Waals surface area (Å²) >= 11 is 0. The van der Waals surface area contributed by atoms with E-state index in [1.807, 2.05) is 0 Å². The van der Waals surface area contributed by atoms with Gasteiger partial charge in [-0.2, -0.15) is 13.9 Å². The van der Waals surface area contributed by atoms with Gasteiger partial charge in [0.05, 0.1) is 25.0 Å². The van der Waals surface area contributed by atoms with Gasteiger partial charge in [0.2, 0.25) is 0 Å². The Balaban J connectivity index is 2.22. The Morgan fingerprint density at radius 2 is 2.19 bits per heavy atom. The van der Waals surface area contributed by atoms with Crippen LogP contribution in [0.1, 0.15) is 0 Å². The fourth-order valence-electron chi connectivity index (χ4n) is 0.931. The summed E-state index contributed by atoms with van der Waals surface area (Å²) in [5.41, 5.74) is 5.78. The van der Waals surface area contributed by atoms with Crippen molar-refractivity contribution in [3.63, 3.8) is 0 Å². The second kappa shape index (κ2) is 5.15. The van der Waals surface area contributed by atoms with Crippen LogP contribution < -0.4 is 5.73 Å². The Bertz CT molecular complexity index is 329. The van der Waals surface area contributed by atoms with Crippen LogP contribution in [0.2, 0.25) is 0 Å². The molecule has 16 heavy (non-hydrogen) atoms. The maximum Gasteiger partial charge on any atom is 0.330 e. The normalized spacial score (nSPS) is 12.3. The predicted molar refractivity (Wildman–Crippen MR) is 48.4 cm³/mol. The maximum absolute atomic E-state index is 12.4. The van der Waals surface area contributed by atoms with E-state index in [1.54, 1.807) is 0 Å². The molecular weight excluding hydrogens is 230 g/mol. The van der Waals surface area contributed by atoms with Crippen molar-refractivity contribution in [3.8, 4) is 0 Å². The van der Waals surface area contributed by atoms with Crippen molar-refractivity contribution < 1.29 is 22.3 Å². The fraction of sp³-hybridized carbons (Fsp3) is 0.625. The van der Waals surface area contributed by atoms with Gasteiger partial charge in [-0.15, -0.1) is 0 Å². The average molecular weight is 241 g/mol. The van der Waals surface area contributed by atoms with Crippen molar-refractivity contribution in [2.75, 3.05) is 18.9 Å². The second-order valence-corrected chi connectivity index (χ2v) is 3.15. The molecule has 0 fully saturated rings. The van der Waals surface area contributed by atoms with Gasteiger partial charge in [-0.3, -0.25) is 4.68 Å². The molecule has 0 unspecified atom stereocenters. The van der Waals surface area contributed by atoms with Crippen molar-refractivity contribution in [1.29, 1.82) is 0 Å². The van der Waals surface area contributed by atoms with Gasteiger partial charge in [-0.05, 0) is 0 Å². The molecule has 1 aromatic rings. The van der Waals surface area contributed by atoms with E-state index in [1.165, 1.54) is 17.1 Å². The Hall–Kier alpha value is -1.31. The lowest BCUT2D eigenvalue weighted by atomic mass is 10.4.